The van der Waals surface area contributed by atoms with Crippen molar-refractivity contribution in [3.63, 3.8) is 0 Å². The molecule has 42 valence electrons. The lowest BCUT2D eigenvalue weighted by molar-refractivity contribution is 0.174. The first-order valence-corrected chi connectivity index (χ1v) is 3.12. The van der Waals surface area contributed by atoms with Gasteiger partial charge < -0.3 is 5.11 Å². The number of hydrogen-bond acceptors (Lipinski definition) is 1. The summed E-state index contributed by atoms with van der Waals surface area (Å²) in [5.74, 6) is 0.947. The molecule has 0 radical (unpaired) electrons. The Hall–Kier alpha value is 0.250. The minimum atomic E-state index is -0.221. The molecule has 1 rings (SSSR count). The second kappa shape index (κ2) is 2.01. The average molecular weight is 121 g/mol. The summed E-state index contributed by atoms with van der Waals surface area (Å²) in [4.78, 5) is 0. The Morgan fingerprint density at radius 2 is 2.29 bits per heavy atom. The molecule has 1 fully saturated rings. The lowest BCUT2D eigenvalue weighted by atomic mass is 10.3. The van der Waals surface area contributed by atoms with Crippen LogP contribution in [0, 0.1) is 5.92 Å². The molecule has 0 unspecified atom stereocenters. The Bertz CT molecular complexity index is 61.1. The molecule has 7 heavy (non-hydrogen) atoms. The molecule has 0 bridgehead atoms. The molecule has 0 amide bonds. The Morgan fingerprint density at radius 3 is 2.43 bits per heavy atom. The van der Waals surface area contributed by atoms with E-state index in [-0.39, 0.29) is 6.10 Å². The van der Waals surface area contributed by atoms with Crippen LogP contribution in [0.25, 0.3) is 0 Å². The average Bonchev–Trinajstić information content (AvgIpc) is 2.44. The van der Waals surface area contributed by atoms with Crippen molar-refractivity contribution in [1.82, 2.24) is 0 Å². The van der Waals surface area contributed by atoms with Gasteiger partial charge in [0.2, 0.25) is 0 Å². The molecule has 0 aliphatic heterocycles. The van der Waals surface area contributed by atoms with Gasteiger partial charge in [-0.15, -0.1) is 11.6 Å². The molecule has 0 heterocycles. The first kappa shape index (κ1) is 5.39. The van der Waals surface area contributed by atoms with Crippen LogP contribution in [0.4, 0.5) is 0 Å². The molecule has 0 saturated heterocycles. The highest BCUT2D eigenvalue weighted by Gasteiger charge is 2.28. The largest absolute Gasteiger partial charge is 0.392 e. The van der Waals surface area contributed by atoms with Crippen LogP contribution in [0.3, 0.4) is 0 Å². The van der Waals surface area contributed by atoms with E-state index in [0.29, 0.717) is 11.8 Å². The molecular weight excluding hydrogens is 112 g/mol. The number of rotatable bonds is 2. The lowest BCUT2D eigenvalue weighted by Crippen LogP contribution is -2.09. The molecule has 0 aromatic heterocycles. The van der Waals surface area contributed by atoms with E-state index in [2.05, 4.69) is 0 Å². The number of hydrogen-bond donors (Lipinski definition) is 1. The molecular formula is C5H9ClO. The Kier molecular flexibility index (Phi) is 1.55. The molecule has 1 N–H and O–H groups in total. The number of aliphatic hydroxyl groups excluding tert-OH is 1. The predicted molar refractivity (Wildman–Crippen MR) is 29.5 cm³/mol. The quantitative estimate of drug-likeness (QED) is 0.539. The summed E-state index contributed by atoms with van der Waals surface area (Å²) >= 11 is 5.34. The summed E-state index contributed by atoms with van der Waals surface area (Å²) < 4.78 is 0. The summed E-state index contributed by atoms with van der Waals surface area (Å²) in [6.07, 6.45) is 2.13. The van der Waals surface area contributed by atoms with Crippen LogP contribution in [0.15, 0.2) is 0 Å². The maximum absolute atomic E-state index is 8.87. The van der Waals surface area contributed by atoms with E-state index in [9.17, 15) is 0 Å². The molecule has 2 heteroatoms. The zero-order chi connectivity index (χ0) is 5.28. The van der Waals surface area contributed by atoms with Crippen molar-refractivity contribution in [3.05, 3.63) is 0 Å². The van der Waals surface area contributed by atoms with Gasteiger partial charge in [-0.05, 0) is 18.8 Å². The van der Waals surface area contributed by atoms with E-state index in [4.69, 9.17) is 16.7 Å². The third kappa shape index (κ3) is 1.32. The van der Waals surface area contributed by atoms with Gasteiger partial charge in [-0.3, -0.25) is 0 Å². The molecule has 0 aromatic carbocycles. The van der Waals surface area contributed by atoms with Crippen molar-refractivity contribution >= 4 is 11.6 Å². The van der Waals surface area contributed by atoms with E-state index in [1.807, 2.05) is 0 Å². The zero-order valence-electron chi connectivity index (χ0n) is 4.10. The standard InChI is InChI=1S/C5H9ClO/c6-3-5(7)4-1-2-4/h4-5,7H,1-3H2/t5-/m1/s1. The van der Waals surface area contributed by atoms with E-state index in [0.717, 1.165) is 0 Å². The van der Waals surface area contributed by atoms with Crippen LogP contribution < -0.4 is 0 Å². The minimum absolute atomic E-state index is 0.221. The highest BCUT2D eigenvalue weighted by atomic mass is 35.5. The number of aliphatic hydroxyl groups is 1. The van der Waals surface area contributed by atoms with E-state index in [1.54, 1.807) is 0 Å². The fraction of sp³-hybridized carbons (Fsp3) is 1.00. The fourth-order valence-corrected chi connectivity index (χ4v) is 0.859. The van der Waals surface area contributed by atoms with Gasteiger partial charge in [-0.1, -0.05) is 0 Å². The van der Waals surface area contributed by atoms with Gasteiger partial charge in [0.05, 0.1) is 6.10 Å². The minimum Gasteiger partial charge on any atom is -0.392 e. The van der Waals surface area contributed by atoms with Crippen molar-refractivity contribution in [3.8, 4) is 0 Å². The molecule has 1 aliphatic carbocycles. The normalized spacial score (nSPS) is 24.9. The molecule has 1 saturated carbocycles. The molecule has 0 aromatic rings. The smallest absolute Gasteiger partial charge is 0.0703 e. The van der Waals surface area contributed by atoms with Crippen LogP contribution >= 0.6 is 11.6 Å². The second-order valence-electron chi connectivity index (χ2n) is 2.06. The van der Waals surface area contributed by atoms with Gasteiger partial charge in [0, 0.05) is 5.88 Å². The maximum Gasteiger partial charge on any atom is 0.0703 e. The van der Waals surface area contributed by atoms with Crippen LogP contribution in [-0.2, 0) is 0 Å². The number of halogens is 1. The van der Waals surface area contributed by atoms with Crippen molar-refractivity contribution in [1.29, 1.82) is 0 Å². The van der Waals surface area contributed by atoms with Crippen LogP contribution in [-0.4, -0.2) is 17.1 Å². The summed E-state index contributed by atoms with van der Waals surface area (Å²) in [6.45, 7) is 0. The lowest BCUT2D eigenvalue weighted by Gasteiger charge is -1.99. The van der Waals surface area contributed by atoms with Gasteiger partial charge >= 0.3 is 0 Å². The van der Waals surface area contributed by atoms with Gasteiger partial charge in [0.1, 0.15) is 0 Å². The Morgan fingerprint density at radius 1 is 1.71 bits per heavy atom. The van der Waals surface area contributed by atoms with E-state index >= 15 is 0 Å². The summed E-state index contributed by atoms with van der Waals surface area (Å²) in [7, 11) is 0. The molecule has 1 nitrogen and oxygen atoms in total. The first-order chi connectivity index (χ1) is 3.34. The monoisotopic (exact) mass is 120 g/mol. The first-order valence-electron chi connectivity index (χ1n) is 2.58. The zero-order valence-corrected chi connectivity index (χ0v) is 4.86. The SMILES string of the molecule is O[C@H](CCl)C1CC1. The van der Waals surface area contributed by atoms with E-state index < -0.39 is 0 Å². The Balaban J connectivity index is 2.10. The maximum atomic E-state index is 8.87. The predicted octanol–water partition coefficient (Wildman–Crippen LogP) is 0.996. The summed E-state index contributed by atoms with van der Waals surface area (Å²) in [5.41, 5.74) is 0. The molecule has 0 spiro atoms. The van der Waals surface area contributed by atoms with Gasteiger partial charge in [-0.2, -0.15) is 0 Å². The summed E-state index contributed by atoms with van der Waals surface area (Å²) in [5, 5.41) is 8.87. The third-order valence-corrected chi connectivity index (χ3v) is 1.64. The molecule has 1 aliphatic rings. The topological polar surface area (TPSA) is 20.2 Å². The van der Waals surface area contributed by atoms with Crippen molar-refractivity contribution in [2.24, 2.45) is 5.92 Å². The molecule has 1 atom stereocenters. The van der Waals surface area contributed by atoms with Crippen molar-refractivity contribution in [2.75, 3.05) is 5.88 Å². The van der Waals surface area contributed by atoms with Gasteiger partial charge in [0.25, 0.3) is 0 Å². The van der Waals surface area contributed by atoms with Crippen LogP contribution in [0.5, 0.6) is 0 Å². The third-order valence-electron chi connectivity index (χ3n) is 1.32. The highest BCUT2D eigenvalue weighted by molar-refractivity contribution is 6.18. The van der Waals surface area contributed by atoms with Gasteiger partial charge in [-0.25, -0.2) is 0 Å². The van der Waals surface area contributed by atoms with Crippen molar-refractivity contribution < 1.29 is 5.11 Å². The van der Waals surface area contributed by atoms with Crippen molar-refractivity contribution in [2.45, 2.75) is 18.9 Å². The van der Waals surface area contributed by atoms with E-state index in [1.165, 1.54) is 12.8 Å². The highest BCUT2D eigenvalue weighted by Crippen LogP contribution is 2.32. The van der Waals surface area contributed by atoms with Gasteiger partial charge in [0.15, 0.2) is 0 Å². The number of alkyl halides is 1. The van der Waals surface area contributed by atoms with Crippen LogP contribution in [0.1, 0.15) is 12.8 Å². The summed E-state index contributed by atoms with van der Waals surface area (Å²) in [6, 6.07) is 0. The fourth-order valence-electron chi connectivity index (χ4n) is 0.607. The second-order valence-corrected chi connectivity index (χ2v) is 2.37. The van der Waals surface area contributed by atoms with Crippen LogP contribution in [0.2, 0.25) is 0 Å². The Labute approximate surface area is 48.3 Å².